The second kappa shape index (κ2) is 6.65. The second-order valence-corrected chi connectivity index (χ2v) is 4.54. The monoisotopic (exact) mass is 318 g/mol. The quantitative estimate of drug-likeness (QED) is 0.298. The minimum Gasteiger partial charge on any atom is -0.454 e. The summed E-state index contributed by atoms with van der Waals surface area (Å²) in [5, 5.41) is 10.7. The Morgan fingerprint density at radius 2 is 1.96 bits per heavy atom. The fourth-order valence-electron chi connectivity index (χ4n) is 1.79. The lowest BCUT2D eigenvalue weighted by atomic mass is 10.1. The number of ether oxygens (including phenoxy) is 1. The zero-order chi connectivity index (χ0) is 17.0. The van der Waals surface area contributed by atoms with Gasteiger partial charge in [-0.25, -0.2) is 9.18 Å². The molecule has 0 atom stereocenters. The summed E-state index contributed by atoms with van der Waals surface area (Å²) in [4.78, 5) is 33.7. The van der Waals surface area contributed by atoms with Crippen LogP contribution in [0.5, 0.6) is 0 Å². The number of Topliss-reactive ketones (excluding diaryl/α,β-unsaturated/α-hetero) is 1. The minimum atomic E-state index is -0.976. The molecule has 0 saturated carbocycles. The number of nitro benzene ring substituents is 1. The van der Waals surface area contributed by atoms with Crippen LogP contribution in [-0.4, -0.2) is 23.3 Å². The zero-order valence-electron chi connectivity index (χ0n) is 11.7. The van der Waals surface area contributed by atoms with Gasteiger partial charge in [-0.1, -0.05) is 12.1 Å². The maximum Gasteiger partial charge on any atom is 0.340 e. The molecular formula is C15H11FN2O5. The minimum absolute atomic E-state index is 0.0150. The van der Waals surface area contributed by atoms with Crippen molar-refractivity contribution in [2.45, 2.75) is 0 Å². The molecule has 23 heavy (non-hydrogen) atoms. The number of nitro groups is 1. The third kappa shape index (κ3) is 3.88. The van der Waals surface area contributed by atoms with Crippen molar-refractivity contribution in [3.05, 3.63) is 69.5 Å². The number of hydrogen-bond donors (Lipinski definition) is 1. The number of halogens is 1. The molecule has 7 nitrogen and oxygen atoms in total. The van der Waals surface area contributed by atoms with Crippen LogP contribution in [0.3, 0.4) is 0 Å². The molecule has 118 valence electrons. The molecule has 0 aliphatic carbocycles. The van der Waals surface area contributed by atoms with Crippen LogP contribution in [0.25, 0.3) is 0 Å². The highest BCUT2D eigenvalue weighted by Gasteiger charge is 2.18. The Kier molecular flexibility index (Phi) is 4.65. The number of esters is 1. The molecule has 0 radical (unpaired) electrons. The van der Waals surface area contributed by atoms with Gasteiger partial charge in [0.15, 0.2) is 12.4 Å². The van der Waals surface area contributed by atoms with E-state index >= 15 is 0 Å². The molecule has 0 amide bonds. The molecular weight excluding hydrogens is 307 g/mol. The maximum absolute atomic E-state index is 13.0. The number of carbonyl (C=O) groups excluding carboxylic acids is 2. The van der Waals surface area contributed by atoms with Crippen molar-refractivity contribution >= 4 is 23.1 Å². The molecule has 0 aliphatic heterocycles. The first-order valence-corrected chi connectivity index (χ1v) is 6.38. The Balaban J connectivity index is 2.09. The van der Waals surface area contributed by atoms with Crippen molar-refractivity contribution in [3.63, 3.8) is 0 Å². The highest BCUT2D eigenvalue weighted by molar-refractivity contribution is 6.00. The zero-order valence-corrected chi connectivity index (χ0v) is 11.7. The van der Waals surface area contributed by atoms with E-state index in [1.54, 1.807) is 0 Å². The third-order valence-corrected chi connectivity index (χ3v) is 2.95. The van der Waals surface area contributed by atoms with Gasteiger partial charge in [-0.15, -0.1) is 0 Å². The van der Waals surface area contributed by atoms with Crippen molar-refractivity contribution in [2.75, 3.05) is 12.3 Å². The fourth-order valence-corrected chi connectivity index (χ4v) is 1.79. The van der Waals surface area contributed by atoms with Gasteiger partial charge in [0.25, 0.3) is 5.69 Å². The molecule has 0 fully saturated rings. The van der Waals surface area contributed by atoms with Gasteiger partial charge < -0.3 is 10.5 Å². The summed E-state index contributed by atoms with van der Waals surface area (Å²) in [5.41, 5.74) is 5.05. The van der Waals surface area contributed by atoms with Crippen LogP contribution in [0, 0.1) is 15.9 Å². The van der Waals surface area contributed by atoms with Crippen LogP contribution in [0.2, 0.25) is 0 Å². The summed E-state index contributed by atoms with van der Waals surface area (Å²) < 4.78 is 17.8. The summed E-state index contributed by atoms with van der Waals surface area (Å²) in [6, 6.07) is 8.21. The first-order valence-electron chi connectivity index (χ1n) is 6.38. The number of ketones is 1. The van der Waals surface area contributed by atoms with Crippen LogP contribution in [0.4, 0.5) is 15.8 Å². The normalized spacial score (nSPS) is 10.1. The lowest BCUT2D eigenvalue weighted by Crippen LogP contribution is -2.15. The number of nitrogens with zero attached hydrogens (tertiary/aromatic N) is 1. The fraction of sp³-hybridized carbons (Fsp3) is 0.0667. The summed E-state index contributed by atoms with van der Waals surface area (Å²) in [6.45, 7) is -0.635. The van der Waals surface area contributed by atoms with Crippen LogP contribution >= 0.6 is 0 Å². The summed E-state index contributed by atoms with van der Waals surface area (Å²) >= 11 is 0. The number of carbonyl (C=O) groups is 2. The summed E-state index contributed by atoms with van der Waals surface area (Å²) in [5.74, 6) is -2.18. The van der Waals surface area contributed by atoms with Gasteiger partial charge in [0.1, 0.15) is 5.82 Å². The highest BCUT2D eigenvalue weighted by atomic mass is 19.1. The van der Waals surface area contributed by atoms with Gasteiger partial charge in [0.05, 0.1) is 10.5 Å². The summed E-state index contributed by atoms with van der Waals surface area (Å²) in [7, 11) is 0. The Bertz CT molecular complexity index is 791. The number of nitrogens with two attached hydrogens (primary N) is 1. The van der Waals surface area contributed by atoms with Gasteiger partial charge in [0.2, 0.25) is 0 Å². The number of nitrogen functional groups attached to an aromatic ring is 1. The smallest absolute Gasteiger partial charge is 0.340 e. The topological polar surface area (TPSA) is 113 Å². The third-order valence-electron chi connectivity index (χ3n) is 2.95. The first-order chi connectivity index (χ1) is 10.9. The molecule has 0 saturated heterocycles. The number of benzene rings is 2. The van der Waals surface area contributed by atoms with E-state index in [4.69, 9.17) is 10.5 Å². The van der Waals surface area contributed by atoms with Crippen molar-refractivity contribution in [3.8, 4) is 0 Å². The number of rotatable bonds is 5. The SMILES string of the molecule is Nc1ccc([N+](=O)[O-])cc1C(=O)OCC(=O)c1cccc(F)c1. The number of hydrogen-bond acceptors (Lipinski definition) is 6. The average molecular weight is 318 g/mol. The van der Waals surface area contributed by atoms with E-state index in [1.807, 2.05) is 0 Å². The Morgan fingerprint density at radius 3 is 2.61 bits per heavy atom. The largest absolute Gasteiger partial charge is 0.454 e. The van der Waals surface area contributed by atoms with Gasteiger partial charge in [-0.05, 0) is 18.2 Å². The lowest BCUT2D eigenvalue weighted by Gasteiger charge is -2.06. The number of anilines is 1. The van der Waals surface area contributed by atoms with Crippen LogP contribution in [0.15, 0.2) is 42.5 Å². The van der Waals surface area contributed by atoms with E-state index in [2.05, 4.69) is 0 Å². The molecule has 0 aliphatic rings. The van der Waals surface area contributed by atoms with E-state index in [1.165, 1.54) is 24.3 Å². The van der Waals surface area contributed by atoms with Crippen molar-refractivity contribution in [2.24, 2.45) is 0 Å². The standard InChI is InChI=1S/C15H11FN2O5/c16-10-3-1-2-9(6-10)14(19)8-23-15(20)12-7-11(18(21)22)4-5-13(12)17/h1-7H,8,17H2. The Hall–Kier alpha value is -3.29. The number of non-ortho nitro benzene ring substituents is 1. The van der Waals surface area contributed by atoms with E-state index in [0.717, 1.165) is 18.2 Å². The van der Waals surface area contributed by atoms with Crippen molar-refractivity contribution in [1.82, 2.24) is 0 Å². The van der Waals surface area contributed by atoms with Gasteiger partial charge in [-0.3, -0.25) is 14.9 Å². The molecule has 2 N–H and O–H groups in total. The summed E-state index contributed by atoms with van der Waals surface area (Å²) in [6.07, 6.45) is 0. The highest BCUT2D eigenvalue weighted by Crippen LogP contribution is 2.20. The van der Waals surface area contributed by atoms with Crippen LogP contribution < -0.4 is 5.73 Å². The molecule has 2 aromatic rings. The van der Waals surface area contributed by atoms with Gasteiger partial charge in [0, 0.05) is 23.4 Å². The molecule has 8 heteroatoms. The Labute approximate surface area is 129 Å². The second-order valence-electron chi connectivity index (χ2n) is 4.54. The van der Waals surface area contributed by atoms with Crippen LogP contribution in [-0.2, 0) is 4.74 Å². The maximum atomic E-state index is 13.0. The van der Waals surface area contributed by atoms with E-state index in [9.17, 15) is 24.1 Å². The van der Waals surface area contributed by atoms with E-state index < -0.39 is 29.1 Å². The molecule has 2 rings (SSSR count). The van der Waals surface area contributed by atoms with Gasteiger partial charge in [-0.2, -0.15) is 0 Å². The predicted octanol–water partition coefficient (Wildman–Crippen LogP) is 2.36. The average Bonchev–Trinajstić information content (AvgIpc) is 2.52. The van der Waals surface area contributed by atoms with Gasteiger partial charge >= 0.3 is 5.97 Å². The molecule has 0 spiro atoms. The van der Waals surface area contributed by atoms with Crippen molar-refractivity contribution in [1.29, 1.82) is 0 Å². The molecule has 0 unspecified atom stereocenters. The Morgan fingerprint density at radius 1 is 1.22 bits per heavy atom. The lowest BCUT2D eigenvalue weighted by molar-refractivity contribution is -0.384. The molecule has 0 bridgehead atoms. The molecule has 0 heterocycles. The molecule has 2 aromatic carbocycles. The first kappa shape index (κ1) is 16.1. The molecule has 0 aromatic heterocycles. The van der Waals surface area contributed by atoms with Crippen molar-refractivity contribution < 1.29 is 23.6 Å². The predicted molar refractivity (Wildman–Crippen MR) is 78.5 cm³/mol. The van der Waals surface area contributed by atoms with E-state index in [0.29, 0.717) is 0 Å². The van der Waals surface area contributed by atoms with E-state index in [-0.39, 0.29) is 22.5 Å². The van der Waals surface area contributed by atoms with Crippen LogP contribution in [0.1, 0.15) is 20.7 Å².